The molecular formula is C20H17NO2. The molecular weight excluding hydrogens is 286 g/mol. The molecule has 23 heavy (non-hydrogen) atoms. The summed E-state index contributed by atoms with van der Waals surface area (Å²) in [5.74, 6) is -0.177. The Morgan fingerprint density at radius 3 is 2.48 bits per heavy atom. The smallest absolute Gasteiger partial charge is 0.256 e. The van der Waals surface area contributed by atoms with Crippen LogP contribution in [-0.2, 0) is 9.59 Å². The third-order valence-electron chi connectivity index (χ3n) is 4.85. The molecule has 0 spiro atoms. The fourth-order valence-electron chi connectivity index (χ4n) is 3.80. The van der Waals surface area contributed by atoms with Gasteiger partial charge in [0.2, 0.25) is 5.91 Å². The summed E-state index contributed by atoms with van der Waals surface area (Å²) in [5, 5.41) is 0. The summed E-state index contributed by atoms with van der Waals surface area (Å²) in [6, 6.07) is 18.4. The Labute approximate surface area is 135 Å². The summed E-state index contributed by atoms with van der Waals surface area (Å²) in [4.78, 5) is 25.8. The fraction of sp³-hybridized carbons (Fsp3) is 0.200. The van der Waals surface area contributed by atoms with E-state index in [1.165, 1.54) is 23.0 Å². The van der Waals surface area contributed by atoms with Crippen molar-refractivity contribution in [3.63, 3.8) is 0 Å². The van der Waals surface area contributed by atoms with Gasteiger partial charge in [-0.3, -0.25) is 14.5 Å². The Morgan fingerprint density at radius 1 is 1.04 bits per heavy atom. The van der Waals surface area contributed by atoms with Crippen LogP contribution in [0.3, 0.4) is 0 Å². The van der Waals surface area contributed by atoms with Gasteiger partial charge < -0.3 is 0 Å². The molecule has 3 nitrogen and oxygen atoms in total. The molecule has 3 heteroatoms. The molecule has 0 radical (unpaired) electrons. The van der Waals surface area contributed by atoms with Crippen molar-refractivity contribution in [1.29, 1.82) is 0 Å². The molecule has 1 fully saturated rings. The van der Waals surface area contributed by atoms with E-state index in [1.807, 2.05) is 42.5 Å². The van der Waals surface area contributed by atoms with Crippen LogP contribution in [0.1, 0.15) is 29.5 Å². The van der Waals surface area contributed by atoms with Crippen molar-refractivity contribution < 1.29 is 9.59 Å². The second-order valence-corrected chi connectivity index (χ2v) is 6.16. The van der Waals surface area contributed by atoms with Gasteiger partial charge in [0.05, 0.1) is 0 Å². The number of benzene rings is 2. The van der Waals surface area contributed by atoms with Crippen molar-refractivity contribution in [1.82, 2.24) is 4.90 Å². The molecule has 0 bridgehead atoms. The molecule has 0 aromatic heterocycles. The van der Waals surface area contributed by atoms with E-state index in [2.05, 4.69) is 18.2 Å². The summed E-state index contributed by atoms with van der Waals surface area (Å²) >= 11 is 0. The van der Waals surface area contributed by atoms with E-state index in [0.29, 0.717) is 6.54 Å². The van der Waals surface area contributed by atoms with Crippen molar-refractivity contribution in [2.24, 2.45) is 5.92 Å². The van der Waals surface area contributed by atoms with Crippen LogP contribution < -0.4 is 0 Å². The van der Waals surface area contributed by atoms with E-state index in [-0.39, 0.29) is 23.7 Å². The summed E-state index contributed by atoms with van der Waals surface area (Å²) in [6.07, 6.45) is 1.96. The van der Waals surface area contributed by atoms with Gasteiger partial charge in [-0.2, -0.15) is 0 Å². The normalized spacial score (nSPS) is 22.4. The van der Waals surface area contributed by atoms with Gasteiger partial charge in [-0.15, -0.1) is 0 Å². The third-order valence-corrected chi connectivity index (χ3v) is 4.85. The van der Waals surface area contributed by atoms with Crippen molar-refractivity contribution >= 4 is 17.9 Å². The summed E-state index contributed by atoms with van der Waals surface area (Å²) in [5.41, 5.74) is 4.25. The number of rotatable bonds is 1. The van der Waals surface area contributed by atoms with Crippen LogP contribution in [0.5, 0.6) is 0 Å². The van der Waals surface area contributed by atoms with Gasteiger partial charge in [0, 0.05) is 30.9 Å². The van der Waals surface area contributed by atoms with E-state index >= 15 is 0 Å². The number of amides is 2. The van der Waals surface area contributed by atoms with Crippen molar-refractivity contribution in [2.45, 2.75) is 12.8 Å². The van der Waals surface area contributed by atoms with Crippen LogP contribution in [-0.4, -0.2) is 23.3 Å². The molecule has 2 atom stereocenters. The SMILES string of the molecule is CC(=O)N1CC2C(=Cc3ccccc3C2c2ccccc2)C1=O. The number of nitrogens with zero attached hydrogens (tertiary/aromatic N) is 1. The molecule has 1 aliphatic carbocycles. The van der Waals surface area contributed by atoms with Crippen LogP contribution in [0.2, 0.25) is 0 Å². The first-order valence-electron chi connectivity index (χ1n) is 7.84. The Kier molecular flexibility index (Phi) is 3.15. The minimum absolute atomic E-state index is 0.0312. The lowest BCUT2D eigenvalue weighted by molar-refractivity contribution is -0.138. The monoisotopic (exact) mass is 303 g/mol. The Balaban J connectivity index is 1.89. The molecule has 1 aliphatic heterocycles. The molecule has 1 heterocycles. The zero-order valence-corrected chi connectivity index (χ0v) is 12.9. The quantitative estimate of drug-likeness (QED) is 0.811. The van der Waals surface area contributed by atoms with Crippen LogP contribution in [0.4, 0.5) is 0 Å². The lowest BCUT2D eigenvalue weighted by Crippen LogP contribution is -2.30. The average Bonchev–Trinajstić information content (AvgIpc) is 2.90. The van der Waals surface area contributed by atoms with Crippen LogP contribution in [0.15, 0.2) is 60.2 Å². The average molecular weight is 303 g/mol. The highest BCUT2D eigenvalue weighted by atomic mass is 16.2. The van der Waals surface area contributed by atoms with Crippen LogP contribution >= 0.6 is 0 Å². The first-order valence-corrected chi connectivity index (χ1v) is 7.84. The van der Waals surface area contributed by atoms with Gasteiger partial charge in [-0.25, -0.2) is 0 Å². The van der Waals surface area contributed by atoms with Gasteiger partial charge in [0.25, 0.3) is 5.91 Å². The highest BCUT2D eigenvalue weighted by molar-refractivity contribution is 6.09. The van der Waals surface area contributed by atoms with E-state index in [1.54, 1.807) is 0 Å². The van der Waals surface area contributed by atoms with E-state index in [4.69, 9.17) is 0 Å². The molecule has 4 rings (SSSR count). The van der Waals surface area contributed by atoms with Gasteiger partial charge in [-0.1, -0.05) is 54.6 Å². The molecule has 0 saturated carbocycles. The first-order chi connectivity index (χ1) is 11.2. The summed E-state index contributed by atoms with van der Waals surface area (Å²) in [6.45, 7) is 1.92. The topological polar surface area (TPSA) is 37.4 Å². The molecule has 2 aromatic rings. The number of carbonyl (C=O) groups is 2. The molecule has 1 saturated heterocycles. The molecule has 114 valence electrons. The Hall–Kier alpha value is -2.68. The fourth-order valence-corrected chi connectivity index (χ4v) is 3.80. The van der Waals surface area contributed by atoms with E-state index in [9.17, 15) is 9.59 Å². The minimum Gasteiger partial charge on any atom is -0.278 e. The molecule has 2 amide bonds. The molecule has 2 unspecified atom stereocenters. The maximum atomic E-state index is 12.6. The molecule has 2 aromatic carbocycles. The predicted octanol–water partition coefficient (Wildman–Crippen LogP) is 3.22. The number of hydrogen-bond acceptors (Lipinski definition) is 2. The third kappa shape index (κ3) is 2.12. The summed E-state index contributed by atoms with van der Waals surface area (Å²) < 4.78 is 0. The predicted molar refractivity (Wildman–Crippen MR) is 88.6 cm³/mol. The highest BCUT2D eigenvalue weighted by Gasteiger charge is 2.44. The number of likely N-dealkylation sites (tertiary alicyclic amines) is 1. The van der Waals surface area contributed by atoms with Crippen molar-refractivity contribution in [3.8, 4) is 0 Å². The number of fused-ring (bicyclic) bond motifs is 2. The zero-order chi connectivity index (χ0) is 16.0. The zero-order valence-electron chi connectivity index (χ0n) is 12.9. The second kappa shape index (κ2) is 5.20. The largest absolute Gasteiger partial charge is 0.278 e. The van der Waals surface area contributed by atoms with Gasteiger partial charge in [-0.05, 0) is 22.8 Å². The summed E-state index contributed by atoms with van der Waals surface area (Å²) in [7, 11) is 0. The minimum atomic E-state index is -0.179. The highest BCUT2D eigenvalue weighted by Crippen LogP contribution is 2.46. The lowest BCUT2D eigenvalue weighted by Gasteiger charge is -2.29. The van der Waals surface area contributed by atoms with Gasteiger partial charge in [0.1, 0.15) is 0 Å². The van der Waals surface area contributed by atoms with Crippen molar-refractivity contribution in [3.05, 3.63) is 76.9 Å². The Morgan fingerprint density at radius 2 is 1.74 bits per heavy atom. The number of carbonyl (C=O) groups excluding carboxylic acids is 2. The van der Waals surface area contributed by atoms with E-state index < -0.39 is 0 Å². The van der Waals surface area contributed by atoms with E-state index in [0.717, 1.165) is 11.1 Å². The molecule has 0 N–H and O–H groups in total. The Bertz CT molecular complexity index is 823. The maximum absolute atomic E-state index is 12.6. The van der Waals surface area contributed by atoms with Gasteiger partial charge in [0.15, 0.2) is 0 Å². The standard InChI is InChI=1S/C20H17NO2/c1-13(22)21-12-18-17(20(21)23)11-15-9-5-6-10-16(15)19(18)14-7-3-2-4-8-14/h2-11,18-19H,12H2,1H3. The lowest BCUT2D eigenvalue weighted by atomic mass is 9.73. The van der Waals surface area contributed by atoms with Crippen molar-refractivity contribution in [2.75, 3.05) is 6.54 Å². The molecule has 2 aliphatic rings. The second-order valence-electron chi connectivity index (χ2n) is 6.16. The first kappa shape index (κ1) is 13.9. The van der Waals surface area contributed by atoms with Gasteiger partial charge >= 0.3 is 0 Å². The number of imide groups is 1. The van der Waals surface area contributed by atoms with Crippen LogP contribution in [0.25, 0.3) is 6.08 Å². The maximum Gasteiger partial charge on any atom is 0.256 e. The van der Waals surface area contributed by atoms with Crippen LogP contribution in [0, 0.1) is 5.92 Å². The number of hydrogen-bond donors (Lipinski definition) is 0.